The number of aliphatic carboxylic acids is 1. The number of hydrogen-bond donors (Lipinski definition) is 0. The van der Waals surface area contributed by atoms with Crippen molar-refractivity contribution in [1.29, 1.82) is 0 Å². The molecule has 1 aliphatic carbocycles. The number of esters is 2. The summed E-state index contributed by atoms with van der Waals surface area (Å²) in [5.74, 6) is 0.987. The van der Waals surface area contributed by atoms with Crippen LogP contribution in [-0.2, 0) is 23.9 Å². The van der Waals surface area contributed by atoms with Crippen molar-refractivity contribution in [3.63, 3.8) is 0 Å². The molecule has 17 nitrogen and oxygen atoms in total. The van der Waals surface area contributed by atoms with E-state index in [2.05, 4.69) is 169 Å². The lowest BCUT2D eigenvalue weighted by molar-refractivity contribution is -0.302. The topological polar surface area (TPSA) is 174 Å². The van der Waals surface area contributed by atoms with Gasteiger partial charge in [-0.25, -0.2) is 4.58 Å². The fourth-order valence-electron chi connectivity index (χ4n) is 11.7. The Morgan fingerprint density at radius 2 is 0.970 bits per heavy atom. The van der Waals surface area contributed by atoms with Crippen LogP contribution in [0.2, 0.25) is 0 Å². The maximum Gasteiger partial charge on any atom is 0.305 e. The SMILES string of the molecule is C=CCN(CC=C)c1ccc2c(-c3cc(C)c(N(CC)CCCC(=O)OCC)cc3OC)c3ccc(=[N+](CC=C)CC=C)cc-3oc2c1.C=CCN(CC=C)c1ccc2c(=O)c3ccc(N(CC=C)CC=C)cc3oc2c1.CC(=O)[O-].CCN(CCCC(=O)OC)c1cc(OC)ccc1C. The molecule has 0 fully saturated rings. The fourth-order valence-corrected chi connectivity index (χ4v) is 11.7. The minimum atomic E-state index is -1.08. The predicted octanol–water partition coefficient (Wildman–Crippen LogP) is 14.9. The number of anilines is 5. The van der Waals surface area contributed by atoms with E-state index in [9.17, 15) is 14.4 Å². The number of benzene rings is 6. The summed E-state index contributed by atoms with van der Waals surface area (Å²) in [5.41, 5.74) is 12.4. The van der Waals surface area contributed by atoms with Crippen LogP contribution in [0.25, 0.3) is 55.4 Å². The van der Waals surface area contributed by atoms with E-state index in [0.29, 0.717) is 100 Å². The quantitative estimate of drug-likeness (QED) is 0.0159. The number of aryl methyl sites for hydroxylation is 2. The maximum absolute atomic E-state index is 13.0. The maximum atomic E-state index is 13.0. The van der Waals surface area contributed by atoms with Crippen LogP contribution in [-0.4, -0.2) is 124 Å². The molecule has 100 heavy (non-hydrogen) atoms. The van der Waals surface area contributed by atoms with Crippen LogP contribution >= 0.6 is 0 Å². The molecule has 5 aromatic carbocycles. The first-order chi connectivity index (χ1) is 48.3. The van der Waals surface area contributed by atoms with Crippen molar-refractivity contribution in [2.45, 2.75) is 67.2 Å². The molecule has 0 saturated carbocycles. The van der Waals surface area contributed by atoms with Crippen molar-refractivity contribution < 1.29 is 47.3 Å². The Balaban J connectivity index is 0.000000292. The van der Waals surface area contributed by atoms with Gasteiger partial charge in [0.05, 0.1) is 44.8 Å². The van der Waals surface area contributed by atoms with Crippen molar-refractivity contribution in [2.24, 2.45) is 0 Å². The highest BCUT2D eigenvalue weighted by Crippen LogP contribution is 2.46. The number of carboxylic acids is 1. The summed E-state index contributed by atoms with van der Waals surface area (Å²) in [6.07, 6.45) is 17.3. The largest absolute Gasteiger partial charge is 0.550 e. The molecule has 1 aromatic heterocycles. The van der Waals surface area contributed by atoms with Crippen LogP contribution in [0, 0.1) is 13.8 Å². The van der Waals surface area contributed by atoms with E-state index in [4.69, 9.17) is 32.9 Å². The number of ether oxygens (including phenoxy) is 4. The van der Waals surface area contributed by atoms with E-state index in [1.807, 2.05) is 104 Å². The Hall–Kier alpha value is -10.8. The van der Waals surface area contributed by atoms with Crippen molar-refractivity contribution in [3.8, 4) is 33.9 Å². The first-order valence-corrected chi connectivity index (χ1v) is 33.8. The summed E-state index contributed by atoms with van der Waals surface area (Å²) in [6.45, 7) is 51.4. The minimum Gasteiger partial charge on any atom is -0.550 e. The standard InChI is InChI=1S/C41H50N3O4.C25H26N2O2.C15H23NO3.C2H4O2/c1-9-21-43(22-10-2)31-17-19-33-38(27-31)48-39-28-32(44(23-11-3)24-12-4)18-20-34(39)41(33)35-26-30(7)36(29-37(35)46-8)42(13-5)25-15-16-40(45)47-14-6;1-5-13-26(14-6-2)19-9-11-21-23(17-19)29-24-18-20(10-12-22(24)25(21)28)27(15-7-3)16-8-4;1-5-16(10-6-7-15(17)19-4)14-11-13(18-3)9-8-12(14)2;1-2(3)4/h9-12,17-20,26-29H,1-4,13-16,21-25H2,5-8H3;5-12,17-18H,1-4,13-16H2;8-9,11H,5-7,10H2,1-4H3;1H3,(H,3,4)/q+1;;;/p-1. The number of nitrogens with zero attached hydrogens (tertiary/aromatic N) is 6. The first-order valence-electron chi connectivity index (χ1n) is 33.8. The van der Waals surface area contributed by atoms with Gasteiger partial charge in [0, 0.05) is 171 Å². The van der Waals surface area contributed by atoms with Crippen molar-refractivity contribution >= 4 is 79.3 Å². The van der Waals surface area contributed by atoms with Gasteiger partial charge in [-0.1, -0.05) is 55.7 Å². The number of rotatable bonds is 35. The van der Waals surface area contributed by atoms with Gasteiger partial charge < -0.3 is 62.2 Å². The van der Waals surface area contributed by atoms with Crippen LogP contribution in [0.1, 0.15) is 64.5 Å². The van der Waals surface area contributed by atoms with Crippen molar-refractivity contribution in [2.75, 3.05) is 131 Å². The van der Waals surface area contributed by atoms with Gasteiger partial charge >= 0.3 is 11.9 Å². The van der Waals surface area contributed by atoms with E-state index < -0.39 is 5.97 Å². The van der Waals surface area contributed by atoms with E-state index in [0.717, 1.165) is 124 Å². The number of carbonyl (C=O) groups excluding carboxylic acids is 3. The third-order valence-electron chi connectivity index (χ3n) is 16.4. The summed E-state index contributed by atoms with van der Waals surface area (Å²) >= 11 is 0. The predicted molar refractivity (Wildman–Crippen MR) is 414 cm³/mol. The summed E-state index contributed by atoms with van der Waals surface area (Å²) in [7, 11) is 4.81. The molecule has 0 N–H and O–H groups in total. The minimum absolute atomic E-state index is 0.0302. The van der Waals surface area contributed by atoms with Gasteiger partial charge in [-0.2, -0.15) is 0 Å². The number of fused-ring (bicyclic) bond motifs is 4. The Labute approximate surface area is 591 Å². The third-order valence-corrected chi connectivity index (χ3v) is 16.4. The molecule has 6 aromatic rings. The zero-order valence-corrected chi connectivity index (χ0v) is 60.3. The van der Waals surface area contributed by atoms with Gasteiger partial charge in [0.25, 0.3) is 0 Å². The number of carboxylic acid groups (broad SMARTS) is 1. The summed E-state index contributed by atoms with van der Waals surface area (Å²) in [4.78, 5) is 56.0. The highest BCUT2D eigenvalue weighted by atomic mass is 16.5. The summed E-state index contributed by atoms with van der Waals surface area (Å²) < 4.78 is 36.3. The number of methoxy groups -OCH3 is 3. The van der Waals surface area contributed by atoms with E-state index >= 15 is 0 Å². The van der Waals surface area contributed by atoms with Gasteiger partial charge in [0.15, 0.2) is 13.1 Å². The van der Waals surface area contributed by atoms with E-state index in [1.165, 1.54) is 12.7 Å². The molecule has 0 unspecified atom stereocenters. The Kier molecular flexibility index (Phi) is 33.1. The molecular weight excluding hydrogens is 1260 g/mol. The van der Waals surface area contributed by atoms with E-state index in [-0.39, 0.29) is 17.4 Å². The van der Waals surface area contributed by atoms with Gasteiger partial charge in [-0.15, -0.1) is 39.5 Å². The van der Waals surface area contributed by atoms with Crippen molar-refractivity contribution in [3.05, 3.63) is 231 Å². The second-order valence-electron chi connectivity index (χ2n) is 23.3. The average molecular weight is 1360 g/mol. The lowest BCUT2D eigenvalue weighted by atomic mass is 9.91. The molecule has 2 aliphatic rings. The number of hydrogen-bond acceptors (Lipinski definition) is 16. The Bertz CT molecular complexity index is 4110. The molecule has 0 atom stereocenters. The second-order valence-corrected chi connectivity index (χ2v) is 23.3. The molecule has 2 heterocycles. The fraction of sp³-hybridized carbons (Fsp3) is 0.313. The normalized spacial score (nSPS) is 10.4. The van der Waals surface area contributed by atoms with Crippen LogP contribution in [0.4, 0.5) is 28.4 Å². The van der Waals surface area contributed by atoms with Crippen LogP contribution < -0.4 is 54.4 Å². The molecule has 0 amide bonds. The molecule has 8 rings (SSSR count). The molecule has 17 heteroatoms. The third kappa shape index (κ3) is 22.1. The lowest BCUT2D eigenvalue weighted by Gasteiger charge is -2.27. The monoisotopic (exact) mass is 1360 g/mol. The van der Waals surface area contributed by atoms with Gasteiger partial charge in [0.1, 0.15) is 34.0 Å². The second kappa shape index (κ2) is 41.4. The van der Waals surface area contributed by atoms with E-state index in [1.54, 1.807) is 14.2 Å². The van der Waals surface area contributed by atoms with Crippen molar-refractivity contribution in [1.82, 2.24) is 4.58 Å². The average Bonchev–Trinajstić information content (AvgIpc) is 0.707. The van der Waals surface area contributed by atoms with Crippen LogP contribution in [0.3, 0.4) is 0 Å². The van der Waals surface area contributed by atoms with Crippen LogP contribution in [0.15, 0.2) is 218 Å². The summed E-state index contributed by atoms with van der Waals surface area (Å²) in [5, 5.41) is 12.0. The molecular formula is C83H102N6O11. The highest BCUT2D eigenvalue weighted by molar-refractivity contribution is 6.04. The van der Waals surface area contributed by atoms with Gasteiger partial charge in [-0.3, -0.25) is 14.4 Å². The lowest BCUT2D eigenvalue weighted by Crippen LogP contribution is -2.30. The molecule has 0 bridgehead atoms. The molecule has 0 radical (unpaired) electrons. The zero-order chi connectivity index (χ0) is 73.3. The van der Waals surface area contributed by atoms with Crippen LogP contribution in [0.5, 0.6) is 11.5 Å². The smallest absolute Gasteiger partial charge is 0.305 e. The number of carbonyl (C=O) groups is 3. The first kappa shape index (κ1) is 79.9. The zero-order valence-electron chi connectivity index (χ0n) is 60.3. The highest BCUT2D eigenvalue weighted by Gasteiger charge is 2.24. The Morgan fingerprint density at radius 1 is 0.510 bits per heavy atom. The molecule has 530 valence electrons. The van der Waals surface area contributed by atoms with Gasteiger partial charge in [-0.05, 0) is 132 Å². The molecule has 0 saturated heterocycles. The molecule has 0 spiro atoms. The van der Waals surface area contributed by atoms with Gasteiger partial charge in [0.2, 0.25) is 10.8 Å². The summed E-state index contributed by atoms with van der Waals surface area (Å²) in [6, 6.07) is 34.4. The molecule has 1 aliphatic heterocycles. The Morgan fingerprint density at radius 3 is 1.40 bits per heavy atom.